The van der Waals surface area contributed by atoms with Crippen LogP contribution in [-0.4, -0.2) is 20.2 Å². The Bertz CT molecular complexity index is 1630. The number of aliphatic hydroxyl groups is 1. The van der Waals surface area contributed by atoms with Gasteiger partial charge in [0.05, 0.1) is 40.3 Å². The number of cyclic esters (lactones) is 1. The van der Waals surface area contributed by atoms with Crippen LogP contribution in [0.1, 0.15) is 75.7 Å². The van der Waals surface area contributed by atoms with E-state index >= 15 is 0 Å². The number of pyridine rings is 2. The van der Waals surface area contributed by atoms with Crippen LogP contribution in [0.15, 0.2) is 27.8 Å². The number of carbonyl (C=O) groups is 1. The molecule has 0 amide bonds. The molecule has 1 fully saturated rings. The monoisotopic (exact) mass is 507 g/mol. The molecule has 0 bridgehead atoms. The zero-order valence-corrected chi connectivity index (χ0v) is 21.2. The van der Waals surface area contributed by atoms with Crippen LogP contribution in [0.2, 0.25) is 0 Å². The predicted molar refractivity (Wildman–Crippen MR) is 137 cm³/mol. The molecule has 2 aliphatic heterocycles. The van der Waals surface area contributed by atoms with Crippen molar-refractivity contribution in [1.29, 1.82) is 0 Å². The van der Waals surface area contributed by atoms with E-state index in [1.807, 2.05) is 0 Å². The minimum Gasteiger partial charge on any atom is -0.458 e. The lowest BCUT2D eigenvalue weighted by Gasteiger charge is -2.37. The minimum atomic E-state index is -1.98. The molecule has 3 aromatic rings. The molecule has 1 aromatic carbocycles. The van der Waals surface area contributed by atoms with Crippen molar-refractivity contribution in [3.63, 3.8) is 0 Å². The highest BCUT2D eigenvalue weighted by molar-refractivity contribution is 5.89. The Hall–Kier alpha value is -3.46. The van der Waals surface area contributed by atoms with Crippen molar-refractivity contribution in [2.24, 2.45) is 5.41 Å². The third-order valence-electron chi connectivity index (χ3n) is 8.71. The van der Waals surface area contributed by atoms with Crippen molar-refractivity contribution in [2.45, 2.75) is 77.7 Å². The van der Waals surface area contributed by atoms with E-state index in [0.717, 1.165) is 25.7 Å². The van der Waals surface area contributed by atoms with Crippen LogP contribution in [0, 0.1) is 11.2 Å². The maximum atomic E-state index is 14.6. The van der Waals surface area contributed by atoms with Gasteiger partial charge in [-0.3, -0.25) is 9.59 Å². The van der Waals surface area contributed by atoms with E-state index in [-0.39, 0.29) is 53.2 Å². The topological polar surface area (TPSA) is 117 Å². The van der Waals surface area contributed by atoms with E-state index in [4.69, 9.17) is 10.5 Å². The Balaban J connectivity index is 1.67. The largest absolute Gasteiger partial charge is 0.458 e. The van der Waals surface area contributed by atoms with Gasteiger partial charge in [-0.1, -0.05) is 20.8 Å². The summed E-state index contributed by atoms with van der Waals surface area (Å²) in [6.45, 7) is 6.02. The van der Waals surface area contributed by atoms with Crippen LogP contribution in [0.5, 0.6) is 0 Å². The molecule has 2 aromatic heterocycles. The summed E-state index contributed by atoms with van der Waals surface area (Å²) < 4.78 is 23.4. The molecule has 3 aliphatic rings. The van der Waals surface area contributed by atoms with Crippen molar-refractivity contribution in [1.82, 2.24) is 9.13 Å². The fourth-order valence-electron chi connectivity index (χ4n) is 6.38. The number of ether oxygens (including phenoxy) is 1. The average Bonchev–Trinajstić information content (AvgIpc) is 3.24. The lowest BCUT2D eigenvalue weighted by atomic mass is 9.75. The van der Waals surface area contributed by atoms with Gasteiger partial charge in [-0.25, -0.2) is 9.18 Å². The third kappa shape index (κ3) is 3.26. The van der Waals surface area contributed by atoms with Crippen molar-refractivity contribution in [3.8, 4) is 11.3 Å². The van der Waals surface area contributed by atoms with Crippen LogP contribution in [0.4, 0.5) is 10.1 Å². The number of anilines is 1. The minimum absolute atomic E-state index is 0.0128. The summed E-state index contributed by atoms with van der Waals surface area (Å²) in [6, 6.07) is 4.31. The van der Waals surface area contributed by atoms with Gasteiger partial charge in [0.25, 0.3) is 5.56 Å². The first-order chi connectivity index (χ1) is 17.5. The summed E-state index contributed by atoms with van der Waals surface area (Å²) in [6.07, 6.45) is 3.73. The van der Waals surface area contributed by atoms with E-state index in [2.05, 4.69) is 18.4 Å². The molecule has 6 rings (SSSR count). The molecule has 1 aliphatic carbocycles. The Morgan fingerprint density at radius 1 is 1.16 bits per heavy atom. The first-order valence-electron chi connectivity index (χ1n) is 12.8. The van der Waals surface area contributed by atoms with Gasteiger partial charge in [-0.2, -0.15) is 0 Å². The van der Waals surface area contributed by atoms with E-state index < -0.39 is 28.4 Å². The number of nitrogens with two attached hydrogens (primary N) is 1. The smallest absolute Gasteiger partial charge is 0.343 e. The van der Waals surface area contributed by atoms with Gasteiger partial charge in [0.2, 0.25) is 0 Å². The molecule has 3 N–H and O–H groups in total. The number of halogens is 1. The first kappa shape index (κ1) is 23.9. The molecule has 0 spiro atoms. The number of esters is 1. The Morgan fingerprint density at radius 2 is 1.86 bits per heavy atom. The van der Waals surface area contributed by atoms with Gasteiger partial charge in [0.15, 0.2) is 11.0 Å². The van der Waals surface area contributed by atoms with E-state index in [1.54, 1.807) is 13.0 Å². The van der Waals surface area contributed by atoms with Gasteiger partial charge in [0, 0.05) is 17.0 Å². The van der Waals surface area contributed by atoms with E-state index in [9.17, 15) is 23.9 Å². The van der Waals surface area contributed by atoms with Crippen molar-refractivity contribution in [3.05, 3.63) is 61.4 Å². The number of hydrogen-bond donors (Lipinski definition) is 2. The second kappa shape index (κ2) is 7.77. The van der Waals surface area contributed by atoms with E-state index in [0.29, 0.717) is 22.5 Å². The number of hydrogen-bond acceptors (Lipinski definition) is 6. The highest BCUT2D eigenvalue weighted by Crippen LogP contribution is 2.44. The molecule has 0 radical (unpaired) electrons. The van der Waals surface area contributed by atoms with Gasteiger partial charge in [-0.15, -0.1) is 0 Å². The van der Waals surface area contributed by atoms with Gasteiger partial charge >= 0.3 is 5.97 Å². The summed E-state index contributed by atoms with van der Waals surface area (Å²) >= 11 is 0. The number of benzene rings is 1. The lowest BCUT2D eigenvalue weighted by Crippen LogP contribution is -2.44. The molecule has 0 unspecified atom stereocenters. The quantitative estimate of drug-likeness (QED) is 0.316. The summed E-state index contributed by atoms with van der Waals surface area (Å²) in [7, 11) is 0. The Kier molecular flexibility index (Phi) is 5.02. The number of rotatable bonds is 2. The molecular weight excluding hydrogens is 477 g/mol. The molecule has 194 valence electrons. The molecule has 4 heterocycles. The second-order valence-electron chi connectivity index (χ2n) is 11.4. The summed E-state index contributed by atoms with van der Waals surface area (Å²) in [5, 5.41) is 11.3. The highest BCUT2D eigenvalue weighted by Gasteiger charge is 2.46. The Morgan fingerprint density at radius 3 is 2.54 bits per heavy atom. The van der Waals surface area contributed by atoms with Gasteiger partial charge < -0.3 is 24.7 Å². The maximum Gasteiger partial charge on any atom is 0.343 e. The standard InChI is InChI=1S/C28H30FN3O5/c1-4-28(36)17-10-21-23-22(12-31(21)25(34)16(17)13-37-26(28)35)32(14-5-7-27(2,3)8-6-14)20-11-19(30)18(29)9-15(20)24(23)33/h9-11,14,36H,4-8,12-13,30H2,1-3H3/t28-/m0/s1. The summed E-state index contributed by atoms with van der Waals surface area (Å²) in [5.41, 5.74) is 5.57. The number of nitrogens with zero attached hydrogens (tertiary/aromatic N) is 2. The summed E-state index contributed by atoms with van der Waals surface area (Å²) in [4.78, 5) is 40.0. The van der Waals surface area contributed by atoms with Gasteiger partial charge in [-0.05, 0) is 55.7 Å². The number of fused-ring (bicyclic) bond motifs is 5. The molecule has 0 saturated heterocycles. The second-order valence-corrected chi connectivity index (χ2v) is 11.4. The van der Waals surface area contributed by atoms with Crippen LogP contribution in [0.3, 0.4) is 0 Å². The fourth-order valence-corrected chi connectivity index (χ4v) is 6.38. The van der Waals surface area contributed by atoms with Crippen LogP contribution in [0.25, 0.3) is 22.2 Å². The zero-order valence-electron chi connectivity index (χ0n) is 21.2. The van der Waals surface area contributed by atoms with Crippen molar-refractivity contribution < 1.29 is 19.0 Å². The maximum absolute atomic E-state index is 14.6. The lowest BCUT2D eigenvalue weighted by molar-refractivity contribution is -0.172. The third-order valence-corrected chi connectivity index (χ3v) is 8.71. The van der Waals surface area contributed by atoms with E-state index in [1.165, 1.54) is 16.7 Å². The normalized spacial score (nSPS) is 22.5. The molecule has 1 saturated carbocycles. The fraction of sp³-hybridized carbons (Fsp3) is 0.464. The van der Waals surface area contributed by atoms with Crippen LogP contribution >= 0.6 is 0 Å². The first-order valence-corrected chi connectivity index (χ1v) is 12.8. The number of aromatic nitrogens is 2. The predicted octanol–water partition coefficient (Wildman–Crippen LogP) is 3.71. The van der Waals surface area contributed by atoms with Crippen molar-refractivity contribution in [2.75, 3.05) is 5.73 Å². The van der Waals surface area contributed by atoms with Crippen LogP contribution < -0.4 is 16.7 Å². The summed E-state index contributed by atoms with van der Waals surface area (Å²) in [5.74, 6) is -1.49. The molecule has 9 heteroatoms. The average molecular weight is 508 g/mol. The SMILES string of the molecule is CC[C@@]1(O)C(=O)OCc2c1cc1n(c2=O)Cc2c-1c(=O)c1cc(F)c(N)cc1n2C1CCC(C)(C)CC1. The molecule has 8 nitrogen and oxygen atoms in total. The highest BCUT2D eigenvalue weighted by atomic mass is 19.1. The zero-order chi connectivity index (χ0) is 26.4. The Labute approximate surface area is 212 Å². The molecule has 37 heavy (non-hydrogen) atoms. The molecular formula is C28H30FN3O5. The van der Waals surface area contributed by atoms with Gasteiger partial charge in [0.1, 0.15) is 12.4 Å². The van der Waals surface area contributed by atoms with Crippen LogP contribution in [-0.2, 0) is 28.3 Å². The number of nitrogen functional groups attached to an aromatic ring is 1. The molecule has 1 atom stereocenters. The number of carbonyl (C=O) groups excluding carboxylic acids is 1. The van der Waals surface area contributed by atoms with Crippen molar-refractivity contribution >= 4 is 22.6 Å².